The van der Waals surface area contributed by atoms with Crippen LogP contribution in [0.15, 0.2) is 138 Å². The fourth-order valence-corrected chi connectivity index (χ4v) is 6.75. The first kappa shape index (κ1) is 27.1. The zero-order valence-corrected chi connectivity index (χ0v) is 25.0. The van der Waals surface area contributed by atoms with Crippen molar-refractivity contribution in [2.45, 2.75) is 6.42 Å². The number of pyridine rings is 1. The van der Waals surface area contributed by atoms with Crippen molar-refractivity contribution in [3.63, 3.8) is 0 Å². The van der Waals surface area contributed by atoms with Crippen molar-refractivity contribution in [1.29, 1.82) is 5.41 Å². The fourth-order valence-electron chi connectivity index (χ4n) is 6.75. The Morgan fingerprint density at radius 3 is 2.36 bits per heavy atom. The highest BCUT2D eigenvalue weighted by atomic mass is 16.3. The highest BCUT2D eigenvalue weighted by Crippen LogP contribution is 2.31. The lowest BCUT2D eigenvalue weighted by molar-refractivity contribution is 0.671. The number of hydrogen-bond acceptors (Lipinski definition) is 4. The summed E-state index contributed by atoms with van der Waals surface area (Å²) in [6.45, 7) is 0.630. The molecule has 5 aromatic carbocycles. The Kier molecular flexibility index (Phi) is 6.77. The monoisotopic (exact) mass is 582 g/mol. The van der Waals surface area contributed by atoms with Crippen LogP contribution in [0.5, 0.6) is 0 Å². The van der Waals surface area contributed by atoms with Crippen LogP contribution in [-0.4, -0.2) is 35.6 Å². The van der Waals surface area contributed by atoms with Gasteiger partial charge in [0, 0.05) is 46.4 Å². The highest BCUT2D eigenvalue weighted by molar-refractivity contribution is 6.97. The predicted molar refractivity (Wildman–Crippen MR) is 189 cm³/mol. The lowest BCUT2D eigenvalue weighted by atomic mass is 9.36. The molecule has 8 aromatic rings. The van der Waals surface area contributed by atoms with Gasteiger partial charge in [-0.25, -0.2) is 4.98 Å². The zero-order chi connectivity index (χ0) is 30.3. The number of rotatable bonds is 8. The Hall–Kier alpha value is -5.46. The van der Waals surface area contributed by atoms with Crippen LogP contribution in [0.2, 0.25) is 0 Å². The van der Waals surface area contributed by atoms with E-state index >= 15 is 0 Å². The minimum absolute atomic E-state index is 0.133. The summed E-state index contributed by atoms with van der Waals surface area (Å²) >= 11 is 0. The molecule has 0 radical (unpaired) electrons. The summed E-state index contributed by atoms with van der Waals surface area (Å²) in [7, 11) is 1.92. The third-order valence-corrected chi connectivity index (χ3v) is 8.85. The molecule has 6 heteroatoms. The lowest BCUT2D eigenvalue weighted by Gasteiger charge is -2.18. The summed E-state index contributed by atoms with van der Waals surface area (Å²) in [4.78, 5) is 4.75. The molecule has 2 N–H and O–H groups in total. The van der Waals surface area contributed by atoms with E-state index in [1.54, 1.807) is 0 Å². The molecule has 0 aliphatic rings. The molecule has 0 aliphatic carbocycles. The van der Waals surface area contributed by atoms with E-state index in [-0.39, 0.29) is 6.71 Å². The molecule has 8 rings (SSSR count). The number of fused-ring (bicyclic) bond motifs is 6. The Bertz CT molecular complexity index is 2350. The van der Waals surface area contributed by atoms with Gasteiger partial charge in [-0.1, -0.05) is 108 Å². The van der Waals surface area contributed by atoms with Gasteiger partial charge in [0.15, 0.2) is 0 Å². The Labute approximate surface area is 261 Å². The van der Waals surface area contributed by atoms with Gasteiger partial charge in [-0.2, -0.15) is 0 Å². The third kappa shape index (κ3) is 4.62. The molecule has 3 heterocycles. The van der Waals surface area contributed by atoms with Crippen LogP contribution in [0.25, 0.3) is 49.6 Å². The summed E-state index contributed by atoms with van der Waals surface area (Å²) in [5, 5.41) is 16.6. The fraction of sp³-hybridized carbons (Fsp3) is 0.0769. The molecule has 45 heavy (non-hydrogen) atoms. The molecule has 0 atom stereocenters. The molecule has 5 nitrogen and oxygen atoms in total. The predicted octanol–water partition coefficient (Wildman–Crippen LogP) is 6.57. The van der Waals surface area contributed by atoms with Crippen LogP contribution in [0.3, 0.4) is 0 Å². The van der Waals surface area contributed by atoms with Crippen LogP contribution < -0.4 is 21.7 Å². The number of benzene rings is 5. The summed E-state index contributed by atoms with van der Waals surface area (Å²) < 4.78 is 8.86. The topological polar surface area (TPSA) is 66.8 Å². The van der Waals surface area contributed by atoms with Crippen LogP contribution in [0.4, 0.5) is 0 Å². The number of hydrogen-bond donors (Lipinski definition) is 2. The Morgan fingerprint density at radius 2 is 1.49 bits per heavy atom. The first-order valence-corrected chi connectivity index (χ1v) is 15.4. The van der Waals surface area contributed by atoms with Gasteiger partial charge in [0.25, 0.3) is 0 Å². The molecule has 0 bridgehead atoms. The summed E-state index contributed by atoms with van der Waals surface area (Å²) in [5.41, 5.74) is 8.93. The maximum Gasteiger partial charge on any atom is 0.246 e. The summed E-state index contributed by atoms with van der Waals surface area (Å²) in [6.07, 6.45) is 2.51. The SMILES string of the molecule is CNCCC(=N)c1cccc(B(c2ccc3c4ccccc4n(-c4ccccn4)c3c2)c2cccc3c2oc2ccccc23)c1. The molecular formula is C39H31BN4O. The number of aromatic nitrogens is 2. The van der Waals surface area contributed by atoms with E-state index in [2.05, 4.69) is 107 Å². The largest absolute Gasteiger partial charge is 0.457 e. The van der Waals surface area contributed by atoms with Crippen LogP contribution >= 0.6 is 0 Å². The van der Waals surface area contributed by atoms with Crippen molar-refractivity contribution < 1.29 is 4.42 Å². The minimum atomic E-state index is -0.133. The molecule has 0 unspecified atom stereocenters. The first-order valence-electron chi connectivity index (χ1n) is 15.4. The average molecular weight is 583 g/mol. The third-order valence-electron chi connectivity index (χ3n) is 8.85. The number of para-hydroxylation sites is 3. The Morgan fingerprint density at radius 1 is 0.733 bits per heavy atom. The molecule has 0 saturated carbocycles. The lowest BCUT2D eigenvalue weighted by Crippen LogP contribution is -2.52. The molecule has 3 aromatic heterocycles. The number of nitrogens with one attached hydrogen (secondary N) is 2. The minimum Gasteiger partial charge on any atom is -0.457 e. The zero-order valence-electron chi connectivity index (χ0n) is 25.0. The molecule has 0 spiro atoms. The summed E-state index contributed by atoms with van der Waals surface area (Å²) in [6, 6.07) is 44.6. The van der Waals surface area contributed by atoms with E-state index in [1.807, 2.05) is 43.6 Å². The van der Waals surface area contributed by atoms with Gasteiger partial charge >= 0.3 is 0 Å². The van der Waals surface area contributed by atoms with Crippen LogP contribution in [-0.2, 0) is 0 Å². The van der Waals surface area contributed by atoms with Crippen molar-refractivity contribution in [2.24, 2.45) is 0 Å². The van der Waals surface area contributed by atoms with E-state index < -0.39 is 0 Å². The van der Waals surface area contributed by atoms with E-state index in [0.29, 0.717) is 12.1 Å². The second-order valence-corrected chi connectivity index (χ2v) is 11.5. The highest BCUT2D eigenvalue weighted by Gasteiger charge is 2.28. The molecule has 0 saturated heterocycles. The van der Waals surface area contributed by atoms with Crippen molar-refractivity contribution in [3.05, 3.63) is 139 Å². The van der Waals surface area contributed by atoms with Gasteiger partial charge in [-0.3, -0.25) is 4.57 Å². The van der Waals surface area contributed by atoms with E-state index in [9.17, 15) is 0 Å². The molecule has 216 valence electrons. The van der Waals surface area contributed by atoms with Gasteiger partial charge < -0.3 is 15.1 Å². The Balaban J connectivity index is 1.40. The first-order chi connectivity index (χ1) is 22.2. The maximum atomic E-state index is 8.81. The van der Waals surface area contributed by atoms with Gasteiger partial charge in [-0.15, -0.1) is 0 Å². The molecule has 0 aliphatic heterocycles. The number of furan rings is 1. The van der Waals surface area contributed by atoms with Crippen molar-refractivity contribution in [1.82, 2.24) is 14.9 Å². The van der Waals surface area contributed by atoms with Crippen LogP contribution in [0.1, 0.15) is 12.0 Å². The second-order valence-electron chi connectivity index (χ2n) is 11.5. The average Bonchev–Trinajstić information content (AvgIpc) is 3.64. The van der Waals surface area contributed by atoms with Crippen molar-refractivity contribution in [3.8, 4) is 5.82 Å². The van der Waals surface area contributed by atoms with Crippen molar-refractivity contribution >= 4 is 72.6 Å². The van der Waals surface area contributed by atoms with Crippen LogP contribution in [0, 0.1) is 5.41 Å². The summed E-state index contributed by atoms with van der Waals surface area (Å²) in [5.74, 6) is 0.886. The molecule has 0 amide bonds. The standard InChI is InChI=1S/C39H31BN4O/c1-42-23-21-34(41)26-10-8-11-27(24-26)40(33-15-9-14-32-31-13-3-5-17-37(31)45-39(32)33)28-19-20-30-29-12-2-4-16-35(29)44(36(30)25-28)38-18-6-7-22-43-38/h2-20,22,24-25,41-42H,21,23H2,1H3. The molecule has 0 fully saturated rings. The second kappa shape index (κ2) is 11.2. The van der Waals surface area contributed by atoms with Crippen molar-refractivity contribution in [2.75, 3.05) is 13.6 Å². The van der Waals surface area contributed by atoms with Gasteiger partial charge in [0.1, 0.15) is 17.0 Å². The van der Waals surface area contributed by atoms with E-state index in [0.717, 1.165) is 67.3 Å². The van der Waals surface area contributed by atoms with E-state index in [4.69, 9.17) is 14.8 Å². The number of nitrogens with zero attached hydrogens (tertiary/aromatic N) is 2. The van der Waals surface area contributed by atoms with Gasteiger partial charge in [0.2, 0.25) is 6.71 Å². The van der Waals surface area contributed by atoms with Gasteiger partial charge in [0.05, 0.1) is 11.0 Å². The smallest absolute Gasteiger partial charge is 0.246 e. The van der Waals surface area contributed by atoms with Gasteiger partial charge in [-0.05, 0) is 48.4 Å². The normalized spacial score (nSPS) is 11.6. The molecular weight excluding hydrogens is 551 g/mol. The quantitative estimate of drug-likeness (QED) is 0.157. The maximum absolute atomic E-state index is 8.81. The van der Waals surface area contributed by atoms with E-state index in [1.165, 1.54) is 10.8 Å².